The number of rotatable bonds is 7. The van der Waals surface area contributed by atoms with Gasteiger partial charge >= 0.3 is 5.97 Å². The van der Waals surface area contributed by atoms with Crippen molar-refractivity contribution in [3.05, 3.63) is 29.8 Å². The molecule has 0 heterocycles. The summed E-state index contributed by atoms with van der Waals surface area (Å²) in [6.07, 6.45) is 0. The lowest BCUT2D eigenvalue weighted by Gasteiger charge is -2.23. The van der Waals surface area contributed by atoms with Crippen LogP contribution in [-0.2, 0) is 9.53 Å². The van der Waals surface area contributed by atoms with E-state index in [-0.39, 0.29) is 11.4 Å². The molecule has 0 aliphatic heterocycles. The molecule has 0 fully saturated rings. The van der Waals surface area contributed by atoms with Gasteiger partial charge in [0.1, 0.15) is 12.4 Å². The summed E-state index contributed by atoms with van der Waals surface area (Å²) >= 11 is 0. The SMILES string of the molecule is COC(=O)c1cccc(OCCN(C)CC(=O)NC(C)(C)C)c1. The number of carbonyl (C=O) groups is 2. The molecule has 0 aliphatic carbocycles. The average molecular weight is 322 g/mol. The molecule has 0 aromatic heterocycles. The fourth-order valence-electron chi connectivity index (χ4n) is 1.93. The van der Waals surface area contributed by atoms with E-state index in [1.54, 1.807) is 24.3 Å². The molecule has 1 aromatic carbocycles. The van der Waals surface area contributed by atoms with Crippen LogP contribution >= 0.6 is 0 Å². The van der Waals surface area contributed by atoms with Gasteiger partial charge in [-0.2, -0.15) is 0 Å². The highest BCUT2D eigenvalue weighted by Crippen LogP contribution is 2.14. The topological polar surface area (TPSA) is 67.9 Å². The number of carbonyl (C=O) groups excluding carboxylic acids is 2. The number of hydrogen-bond acceptors (Lipinski definition) is 5. The first kappa shape index (κ1) is 19.0. The number of nitrogens with zero attached hydrogens (tertiary/aromatic N) is 1. The van der Waals surface area contributed by atoms with E-state index >= 15 is 0 Å². The van der Waals surface area contributed by atoms with Crippen LogP contribution in [0.5, 0.6) is 5.75 Å². The predicted molar refractivity (Wildman–Crippen MR) is 88.7 cm³/mol. The van der Waals surface area contributed by atoms with Gasteiger partial charge in [-0.25, -0.2) is 4.79 Å². The number of benzene rings is 1. The van der Waals surface area contributed by atoms with Crippen molar-refractivity contribution in [2.24, 2.45) is 0 Å². The van der Waals surface area contributed by atoms with Crippen molar-refractivity contribution in [3.63, 3.8) is 0 Å². The first-order valence-corrected chi connectivity index (χ1v) is 7.52. The highest BCUT2D eigenvalue weighted by atomic mass is 16.5. The monoisotopic (exact) mass is 322 g/mol. The summed E-state index contributed by atoms with van der Waals surface area (Å²) in [5.41, 5.74) is 0.214. The van der Waals surface area contributed by atoms with Crippen LogP contribution in [0.4, 0.5) is 0 Å². The Kier molecular flexibility index (Phi) is 7.03. The molecule has 0 aliphatic rings. The summed E-state index contributed by atoms with van der Waals surface area (Å²) in [5, 5.41) is 2.91. The van der Waals surface area contributed by atoms with Gasteiger partial charge in [0, 0.05) is 12.1 Å². The Balaban J connectivity index is 2.39. The van der Waals surface area contributed by atoms with Gasteiger partial charge in [-0.15, -0.1) is 0 Å². The van der Waals surface area contributed by atoms with E-state index in [1.807, 2.05) is 32.7 Å². The fourth-order valence-corrected chi connectivity index (χ4v) is 1.93. The third kappa shape index (κ3) is 7.65. The second-order valence-electron chi connectivity index (χ2n) is 6.40. The smallest absolute Gasteiger partial charge is 0.337 e. The normalized spacial score (nSPS) is 11.2. The van der Waals surface area contributed by atoms with Crippen LogP contribution in [-0.4, -0.2) is 56.2 Å². The van der Waals surface area contributed by atoms with Crippen molar-refractivity contribution in [2.75, 3.05) is 33.9 Å². The maximum absolute atomic E-state index is 11.8. The number of ether oxygens (including phenoxy) is 2. The van der Waals surface area contributed by atoms with E-state index in [0.717, 1.165) is 0 Å². The zero-order valence-electron chi connectivity index (χ0n) is 14.5. The minimum absolute atomic E-state index is 0.0207. The highest BCUT2D eigenvalue weighted by Gasteiger charge is 2.15. The molecule has 0 bridgehead atoms. The van der Waals surface area contributed by atoms with Gasteiger partial charge in [0.25, 0.3) is 0 Å². The van der Waals surface area contributed by atoms with E-state index in [4.69, 9.17) is 4.74 Å². The third-order valence-corrected chi connectivity index (χ3v) is 2.92. The van der Waals surface area contributed by atoms with E-state index in [0.29, 0.717) is 31.0 Å². The quantitative estimate of drug-likeness (QED) is 0.774. The molecular weight excluding hydrogens is 296 g/mol. The standard InChI is InChI=1S/C17H26N2O4/c1-17(2,3)18-15(20)12-19(4)9-10-23-14-8-6-7-13(11-14)16(21)22-5/h6-8,11H,9-10,12H2,1-5H3,(H,18,20). The Morgan fingerprint density at radius 2 is 1.96 bits per heavy atom. The lowest BCUT2D eigenvalue weighted by Crippen LogP contribution is -2.45. The zero-order chi connectivity index (χ0) is 17.5. The molecule has 1 aromatic rings. The summed E-state index contributed by atoms with van der Waals surface area (Å²) in [5.74, 6) is 0.180. The van der Waals surface area contributed by atoms with Crippen LogP contribution in [0.25, 0.3) is 0 Å². The Morgan fingerprint density at radius 1 is 1.26 bits per heavy atom. The third-order valence-electron chi connectivity index (χ3n) is 2.92. The molecule has 23 heavy (non-hydrogen) atoms. The molecule has 6 nitrogen and oxygen atoms in total. The first-order valence-electron chi connectivity index (χ1n) is 7.52. The summed E-state index contributed by atoms with van der Waals surface area (Å²) in [7, 11) is 3.20. The van der Waals surface area contributed by atoms with E-state index in [2.05, 4.69) is 10.1 Å². The fraction of sp³-hybridized carbons (Fsp3) is 0.529. The van der Waals surface area contributed by atoms with Gasteiger partial charge in [0.2, 0.25) is 5.91 Å². The van der Waals surface area contributed by atoms with E-state index in [1.165, 1.54) is 7.11 Å². The minimum atomic E-state index is -0.397. The van der Waals surface area contributed by atoms with Crippen molar-refractivity contribution in [1.82, 2.24) is 10.2 Å². The number of nitrogens with one attached hydrogen (secondary N) is 1. The Bertz CT molecular complexity index is 538. The van der Waals surface area contributed by atoms with Crippen LogP contribution < -0.4 is 10.1 Å². The first-order chi connectivity index (χ1) is 10.7. The van der Waals surface area contributed by atoms with E-state index < -0.39 is 5.97 Å². The van der Waals surface area contributed by atoms with E-state index in [9.17, 15) is 9.59 Å². The molecule has 1 amide bonds. The van der Waals surface area contributed by atoms with Crippen LogP contribution in [0, 0.1) is 0 Å². The van der Waals surface area contributed by atoms with Crippen molar-refractivity contribution in [2.45, 2.75) is 26.3 Å². The molecule has 128 valence electrons. The van der Waals surface area contributed by atoms with Crippen molar-refractivity contribution < 1.29 is 19.1 Å². The molecule has 0 atom stereocenters. The largest absolute Gasteiger partial charge is 0.492 e. The average Bonchev–Trinajstić information content (AvgIpc) is 2.44. The molecule has 0 saturated carbocycles. The Labute approximate surface area is 137 Å². The van der Waals surface area contributed by atoms with Crippen LogP contribution in [0.3, 0.4) is 0 Å². The predicted octanol–water partition coefficient (Wildman–Crippen LogP) is 1.70. The Morgan fingerprint density at radius 3 is 2.57 bits per heavy atom. The molecule has 6 heteroatoms. The second-order valence-corrected chi connectivity index (χ2v) is 6.40. The van der Waals surface area contributed by atoms with Gasteiger partial charge < -0.3 is 14.8 Å². The molecule has 1 rings (SSSR count). The number of esters is 1. The summed E-state index contributed by atoms with van der Waals surface area (Å²) in [4.78, 5) is 25.1. The lowest BCUT2D eigenvalue weighted by molar-refractivity contribution is -0.123. The zero-order valence-corrected chi connectivity index (χ0v) is 14.5. The van der Waals surface area contributed by atoms with Crippen LogP contribution in [0.2, 0.25) is 0 Å². The summed E-state index contributed by atoms with van der Waals surface area (Å²) in [6, 6.07) is 6.82. The van der Waals surface area contributed by atoms with Gasteiger partial charge in [0.05, 0.1) is 19.2 Å². The van der Waals surface area contributed by atoms with Crippen molar-refractivity contribution in [3.8, 4) is 5.75 Å². The van der Waals surface area contributed by atoms with Gasteiger partial charge in [-0.05, 0) is 46.0 Å². The minimum Gasteiger partial charge on any atom is -0.492 e. The van der Waals surface area contributed by atoms with Crippen LogP contribution in [0.1, 0.15) is 31.1 Å². The summed E-state index contributed by atoms with van der Waals surface area (Å²) < 4.78 is 10.3. The van der Waals surface area contributed by atoms with Gasteiger partial charge in [-0.3, -0.25) is 9.69 Å². The van der Waals surface area contributed by atoms with Crippen molar-refractivity contribution in [1.29, 1.82) is 0 Å². The molecule has 1 N–H and O–H groups in total. The van der Waals surface area contributed by atoms with Gasteiger partial charge in [-0.1, -0.05) is 6.07 Å². The molecule has 0 radical (unpaired) electrons. The number of amides is 1. The highest BCUT2D eigenvalue weighted by molar-refractivity contribution is 5.89. The molecule has 0 saturated heterocycles. The van der Waals surface area contributed by atoms with Gasteiger partial charge in [0.15, 0.2) is 0 Å². The number of hydrogen-bond donors (Lipinski definition) is 1. The lowest BCUT2D eigenvalue weighted by atomic mass is 10.1. The maximum Gasteiger partial charge on any atom is 0.337 e. The maximum atomic E-state index is 11.8. The second kappa shape index (κ2) is 8.53. The molecule has 0 spiro atoms. The van der Waals surface area contributed by atoms with Crippen molar-refractivity contribution >= 4 is 11.9 Å². The molecular formula is C17H26N2O4. The number of likely N-dealkylation sites (N-methyl/N-ethyl adjacent to an activating group) is 1. The summed E-state index contributed by atoms with van der Waals surface area (Å²) in [6.45, 7) is 7.17. The number of methoxy groups -OCH3 is 1. The molecule has 0 unspecified atom stereocenters. The van der Waals surface area contributed by atoms with Crippen LogP contribution in [0.15, 0.2) is 24.3 Å². The Hall–Kier alpha value is -2.08.